The first-order valence-corrected chi connectivity index (χ1v) is 7.68. The maximum atomic E-state index is 13.3. The van der Waals surface area contributed by atoms with Crippen molar-refractivity contribution < 1.29 is 9.18 Å². The van der Waals surface area contributed by atoms with Crippen LogP contribution in [0.15, 0.2) is 28.7 Å². The summed E-state index contributed by atoms with van der Waals surface area (Å²) >= 11 is 10.4. The summed E-state index contributed by atoms with van der Waals surface area (Å²) in [6.45, 7) is 1.85. The molecular weight excluding hydrogens is 367 g/mol. The number of hydrogen-bond acceptors (Lipinski definition) is 3. The minimum absolute atomic E-state index is 0.0647. The molecule has 2 aromatic rings. The predicted octanol–water partition coefficient (Wildman–Crippen LogP) is 4.38. The maximum Gasteiger partial charge on any atom is 0.253 e. The number of thiophene rings is 1. The minimum Gasteiger partial charge on any atom is -0.396 e. The number of nitrogens with one attached hydrogen (secondary N) is 1. The van der Waals surface area contributed by atoms with Gasteiger partial charge in [0.2, 0.25) is 0 Å². The van der Waals surface area contributed by atoms with Crippen LogP contribution in [0.2, 0.25) is 4.34 Å². The van der Waals surface area contributed by atoms with E-state index in [1.54, 1.807) is 6.07 Å². The second-order valence-electron chi connectivity index (χ2n) is 4.19. The molecule has 0 saturated heterocycles. The van der Waals surface area contributed by atoms with Gasteiger partial charge in [0.25, 0.3) is 5.91 Å². The molecule has 0 fully saturated rings. The number of benzene rings is 1. The molecule has 0 aliphatic carbocycles. The van der Waals surface area contributed by atoms with Gasteiger partial charge in [0.05, 0.1) is 21.6 Å². The van der Waals surface area contributed by atoms with Crippen LogP contribution in [-0.4, -0.2) is 5.91 Å². The molecule has 20 heavy (non-hydrogen) atoms. The summed E-state index contributed by atoms with van der Waals surface area (Å²) < 4.78 is 14.3. The molecule has 0 spiro atoms. The summed E-state index contributed by atoms with van der Waals surface area (Å²) in [7, 11) is 0. The summed E-state index contributed by atoms with van der Waals surface area (Å²) in [6.07, 6.45) is 0. The number of carbonyl (C=O) groups excluding carboxylic acids is 1. The standard InChI is InChI=1S/C13H11BrClFN2OS/c1-6(11-2-3-12(15)20-11)18-13(19)7-4-10(17)9(16)5-8(7)14/h2-6H,17H2,1H3,(H,18,19). The van der Waals surface area contributed by atoms with Crippen LogP contribution in [0.25, 0.3) is 0 Å². The Balaban J connectivity index is 2.18. The van der Waals surface area contributed by atoms with E-state index < -0.39 is 5.82 Å². The SMILES string of the molecule is CC(NC(=O)c1cc(N)c(F)cc1Br)c1ccc(Cl)s1. The lowest BCUT2D eigenvalue weighted by atomic mass is 10.1. The monoisotopic (exact) mass is 376 g/mol. The van der Waals surface area contributed by atoms with E-state index in [4.69, 9.17) is 17.3 Å². The number of nitrogens with two attached hydrogens (primary N) is 1. The van der Waals surface area contributed by atoms with Crippen LogP contribution in [0.5, 0.6) is 0 Å². The molecule has 3 nitrogen and oxygen atoms in total. The highest BCUT2D eigenvalue weighted by atomic mass is 79.9. The molecule has 0 saturated carbocycles. The van der Waals surface area contributed by atoms with E-state index in [2.05, 4.69) is 21.2 Å². The fraction of sp³-hybridized carbons (Fsp3) is 0.154. The molecule has 0 radical (unpaired) electrons. The van der Waals surface area contributed by atoms with Crippen LogP contribution in [-0.2, 0) is 0 Å². The second-order valence-corrected chi connectivity index (χ2v) is 6.79. The van der Waals surface area contributed by atoms with Crippen LogP contribution in [0.3, 0.4) is 0 Å². The lowest BCUT2D eigenvalue weighted by molar-refractivity contribution is 0.0939. The highest BCUT2D eigenvalue weighted by Crippen LogP contribution is 2.28. The Labute approximate surface area is 133 Å². The smallest absolute Gasteiger partial charge is 0.253 e. The van der Waals surface area contributed by atoms with Gasteiger partial charge in [-0.05, 0) is 47.1 Å². The van der Waals surface area contributed by atoms with Crippen molar-refractivity contribution >= 4 is 50.5 Å². The van der Waals surface area contributed by atoms with Gasteiger partial charge in [-0.25, -0.2) is 4.39 Å². The van der Waals surface area contributed by atoms with Gasteiger partial charge < -0.3 is 11.1 Å². The van der Waals surface area contributed by atoms with Crippen molar-refractivity contribution in [2.24, 2.45) is 0 Å². The fourth-order valence-corrected chi connectivity index (χ4v) is 3.21. The van der Waals surface area contributed by atoms with Gasteiger partial charge in [-0.3, -0.25) is 4.79 Å². The Morgan fingerprint density at radius 2 is 2.20 bits per heavy atom. The highest BCUT2D eigenvalue weighted by molar-refractivity contribution is 9.10. The van der Waals surface area contributed by atoms with Gasteiger partial charge in [-0.2, -0.15) is 0 Å². The van der Waals surface area contributed by atoms with Crippen molar-refractivity contribution in [3.05, 3.63) is 49.3 Å². The van der Waals surface area contributed by atoms with E-state index in [1.165, 1.54) is 23.5 Å². The Kier molecular flexibility index (Phi) is 4.67. The molecule has 0 bridgehead atoms. The Morgan fingerprint density at radius 1 is 1.50 bits per heavy atom. The maximum absolute atomic E-state index is 13.3. The van der Waals surface area contributed by atoms with E-state index in [9.17, 15) is 9.18 Å². The molecule has 0 aliphatic heterocycles. The zero-order chi connectivity index (χ0) is 14.9. The molecule has 7 heteroatoms. The number of halogens is 3. The fourth-order valence-electron chi connectivity index (χ4n) is 1.65. The molecule has 0 aliphatic rings. The van der Waals surface area contributed by atoms with Gasteiger partial charge in [0, 0.05) is 9.35 Å². The molecule has 1 atom stereocenters. The van der Waals surface area contributed by atoms with Crippen molar-refractivity contribution in [2.45, 2.75) is 13.0 Å². The summed E-state index contributed by atoms with van der Waals surface area (Å²) in [4.78, 5) is 13.1. The molecule has 1 aromatic heterocycles. The third-order valence-corrected chi connectivity index (χ3v) is 4.77. The normalized spacial score (nSPS) is 12.2. The number of anilines is 1. The van der Waals surface area contributed by atoms with Crippen molar-refractivity contribution in [1.82, 2.24) is 5.32 Å². The van der Waals surface area contributed by atoms with Crippen LogP contribution in [0.1, 0.15) is 28.2 Å². The van der Waals surface area contributed by atoms with Crippen LogP contribution >= 0.6 is 38.9 Å². The lowest BCUT2D eigenvalue weighted by Gasteiger charge is -2.13. The van der Waals surface area contributed by atoms with Gasteiger partial charge in [-0.15, -0.1) is 11.3 Å². The number of carbonyl (C=O) groups is 1. The van der Waals surface area contributed by atoms with Crippen molar-refractivity contribution in [3.63, 3.8) is 0 Å². The van der Waals surface area contributed by atoms with Crippen molar-refractivity contribution in [1.29, 1.82) is 0 Å². The summed E-state index contributed by atoms with van der Waals surface area (Å²) in [5, 5.41) is 2.82. The number of hydrogen-bond donors (Lipinski definition) is 2. The first-order valence-electron chi connectivity index (χ1n) is 5.69. The molecule has 3 N–H and O–H groups in total. The number of nitrogen functional groups attached to an aromatic ring is 1. The van der Waals surface area contributed by atoms with Crippen LogP contribution < -0.4 is 11.1 Å². The van der Waals surface area contributed by atoms with E-state index in [1.807, 2.05) is 13.0 Å². The summed E-state index contributed by atoms with van der Waals surface area (Å²) in [6, 6.07) is 5.92. The van der Waals surface area contributed by atoms with E-state index in [0.717, 1.165) is 4.88 Å². The van der Waals surface area contributed by atoms with E-state index >= 15 is 0 Å². The van der Waals surface area contributed by atoms with Crippen LogP contribution in [0.4, 0.5) is 10.1 Å². The predicted molar refractivity (Wildman–Crippen MR) is 83.7 cm³/mol. The van der Waals surface area contributed by atoms with Crippen molar-refractivity contribution in [2.75, 3.05) is 5.73 Å². The third kappa shape index (κ3) is 3.31. The first kappa shape index (κ1) is 15.3. The minimum atomic E-state index is -0.563. The van der Waals surface area contributed by atoms with Gasteiger partial charge in [0.15, 0.2) is 0 Å². The molecule has 1 amide bonds. The second kappa shape index (κ2) is 6.11. The Bertz CT molecular complexity index is 662. The Morgan fingerprint density at radius 3 is 2.80 bits per heavy atom. The first-order chi connectivity index (χ1) is 9.38. The topological polar surface area (TPSA) is 55.1 Å². The zero-order valence-electron chi connectivity index (χ0n) is 10.4. The molecule has 1 aromatic carbocycles. The van der Waals surface area contributed by atoms with E-state index in [-0.39, 0.29) is 17.6 Å². The average molecular weight is 378 g/mol. The quantitative estimate of drug-likeness (QED) is 0.780. The summed E-state index contributed by atoms with van der Waals surface area (Å²) in [5.41, 5.74) is 5.71. The largest absolute Gasteiger partial charge is 0.396 e. The zero-order valence-corrected chi connectivity index (χ0v) is 13.6. The lowest BCUT2D eigenvalue weighted by Crippen LogP contribution is -2.26. The molecule has 2 rings (SSSR count). The van der Waals surface area contributed by atoms with Gasteiger partial charge in [0.1, 0.15) is 5.82 Å². The van der Waals surface area contributed by atoms with Gasteiger partial charge in [-0.1, -0.05) is 11.6 Å². The number of rotatable bonds is 3. The molecular formula is C13H11BrClFN2OS. The average Bonchev–Trinajstić information content (AvgIpc) is 2.80. The van der Waals surface area contributed by atoms with E-state index in [0.29, 0.717) is 14.4 Å². The Hall–Kier alpha value is -1.11. The molecule has 1 unspecified atom stereocenters. The summed E-state index contributed by atoms with van der Waals surface area (Å²) in [5.74, 6) is -0.896. The van der Waals surface area contributed by atoms with Crippen molar-refractivity contribution in [3.8, 4) is 0 Å². The highest BCUT2D eigenvalue weighted by Gasteiger charge is 2.17. The van der Waals surface area contributed by atoms with Gasteiger partial charge >= 0.3 is 0 Å². The third-order valence-electron chi connectivity index (χ3n) is 2.70. The van der Waals surface area contributed by atoms with Crippen LogP contribution in [0, 0.1) is 5.82 Å². The number of amides is 1. The molecule has 106 valence electrons. The molecule has 1 heterocycles.